The van der Waals surface area contributed by atoms with Gasteiger partial charge in [-0.15, -0.1) is 0 Å². The standard InChI is InChI=1S/C26H24ClN3O5S/c1-16(31)29-9-8-26(14-29)15-30(21-7-6-18(27)11-20(21)26)23(32)12-22-28-13-24(36-22)35-19-5-3-4-17(10-19)25(33)34-2/h3-7,10-11,13H,8-9,12,14-15H2,1-2H3. The second-order valence-electron chi connectivity index (χ2n) is 8.98. The summed E-state index contributed by atoms with van der Waals surface area (Å²) >= 11 is 7.59. The SMILES string of the molecule is COC(=O)c1cccc(Oc2cnc(CC(=O)N3CC4(CCN(C(C)=O)C4)c4cc(Cl)ccc43)s2)c1. The van der Waals surface area contributed by atoms with E-state index in [1.807, 2.05) is 17.0 Å². The number of nitrogens with zero attached hydrogens (tertiary/aromatic N) is 3. The summed E-state index contributed by atoms with van der Waals surface area (Å²) < 4.78 is 10.6. The van der Waals surface area contributed by atoms with Gasteiger partial charge in [-0.1, -0.05) is 29.0 Å². The zero-order valence-electron chi connectivity index (χ0n) is 19.8. The smallest absolute Gasteiger partial charge is 0.337 e. The van der Waals surface area contributed by atoms with Crippen LogP contribution < -0.4 is 9.64 Å². The molecule has 0 N–H and O–H groups in total. The van der Waals surface area contributed by atoms with Gasteiger partial charge in [0.1, 0.15) is 10.8 Å². The first-order chi connectivity index (χ1) is 17.3. The van der Waals surface area contributed by atoms with Crippen molar-refractivity contribution in [2.45, 2.75) is 25.2 Å². The minimum Gasteiger partial charge on any atom is -0.465 e. The summed E-state index contributed by atoms with van der Waals surface area (Å²) in [6.45, 7) is 3.30. The zero-order chi connectivity index (χ0) is 25.4. The molecule has 1 fully saturated rings. The number of rotatable bonds is 5. The van der Waals surface area contributed by atoms with E-state index in [1.165, 1.54) is 18.4 Å². The average Bonchev–Trinajstić information content (AvgIpc) is 3.57. The minimum absolute atomic E-state index is 0.0349. The van der Waals surface area contributed by atoms with E-state index in [9.17, 15) is 14.4 Å². The van der Waals surface area contributed by atoms with E-state index in [4.69, 9.17) is 21.1 Å². The van der Waals surface area contributed by atoms with Crippen LogP contribution in [0.25, 0.3) is 0 Å². The molecule has 5 rings (SSSR count). The maximum atomic E-state index is 13.4. The molecular weight excluding hydrogens is 502 g/mol. The molecule has 1 atom stereocenters. The molecule has 2 aliphatic heterocycles. The predicted octanol–water partition coefficient (Wildman–Crippen LogP) is 4.45. The first kappa shape index (κ1) is 24.3. The number of benzene rings is 2. The number of thiazole rings is 1. The Morgan fingerprint density at radius 2 is 2.00 bits per heavy atom. The number of fused-ring (bicyclic) bond motifs is 2. The Kier molecular flexibility index (Phi) is 6.44. The van der Waals surface area contributed by atoms with Gasteiger partial charge < -0.3 is 19.3 Å². The predicted molar refractivity (Wildman–Crippen MR) is 136 cm³/mol. The van der Waals surface area contributed by atoms with Crippen molar-refractivity contribution in [1.29, 1.82) is 0 Å². The van der Waals surface area contributed by atoms with E-state index in [0.717, 1.165) is 17.7 Å². The van der Waals surface area contributed by atoms with Crippen molar-refractivity contribution in [2.75, 3.05) is 31.6 Å². The van der Waals surface area contributed by atoms with Crippen molar-refractivity contribution in [3.05, 3.63) is 69.8 Å². The van der Waals surface area contributed by atoms with Crippen molar-refractivity contribution >= 4 is 46.4 Å². The highest BCUT2D eigenvalue weighted by molar-refractivity contribution is 7.13. The normalized spacial score (nSPS) is 18.4. The van der Waals surface area contributed by atoms with Crippen LogP contribution in [-0.4, -0.2) is 54.4 Å². The molecular formula is C26H24ClN3O5S. The number of halogens is 1. The summed E-state index contributed by atoms with van der Waals surface area (Å²) in [7, 11) is 1.32. The van der Waals surface area contributed by atoms with Crippen LogP contribution in [0, 0.1) is 0 Å². The van der Waals surface area contributed by atoms with Crippen molar-refractivity contribution in [2.24, 2.45) is 0 Å². The highest BCUT2D eigenvalue weighted by Crippen LogP contribution is 2.47. The fourth-order valence-electron chi connectivity index (χ4n) is 4.92. The van der Waals surface area contributed by atoms with Gasteiger partial charge in [0, 0.05) is 42.7 Å². The minimum atomic E-state index is -0.449. The molecule has 0 radical (unpaired) electrons. The zero-order valence-corrected chi connectivity index (χ0v) is 21.4. The molecule has 0 bridgehead atoms. The summed E-state index contributed by atoms with van der Waals surface area (Å²) in [5.41, 5.74) is 1.92. The molecule has 3 heterocycles. The van der Waals surface area contributed by atoms with Crippen LogP contribution in [0.4, 0.5) is 5.69 Å². The Hall–Kier alpha value is -3.43. The Morgan fingerprint density at radius 3 is 2.75 bits per heavy atom. The van der Waals surface area contributed by atoms with Crippen molar-refractivity contribution < 1.29 is 23.9 Å². The molecule has 1 spiro atoms. The summed E-state index contributed by atoms with van der Waals surface area (Å²) in [5.74, 6) is -0.0179. The van der Waals surface area contributed by atoms with E-state index in [1.54, 1.807) is 48.4 Å². The second-order valence-corrected chi connectivity index (χ2v) is 10.5. The molecule has 2 amide bonds. The van der Waals surface area contributed by atoms with Gasteiger partial charge in [0.05, 0.1) is 25.3 Å². The first-order valence-electron chi connectivity index (χ1n) is 11.4. The molecule has 2 aliphatic rings. The third-order valence-corrected chi connectivity index (χ3v) is 7.80. The highest BCUT2D eigenvalue weighted by atomic mass is 35.5. The van der Waals surface area contributed by atoms with E-state index in [-0.39, 0.29) is 23.7 Å². The Balaban J connectivity index is 1.32. The number of aromatic nitrogens is 1. The number of amides is 2. The lowest BCUT2D eigenvalue weighted by molar-refractivity contribution is -0.127. The quantitative estimate of drug-likeness (QED) is 0.457. The lowest BCUT2D eigenvalue weighted by Crippen LogP contribution is -2.40. The van der Waals surface area contributed by atoms with E-state index in [2.05, 4.69) is 4.98 Å². The summed E-state index contributed by atoms with van der Waals surface area (Å²) in [4.78, 5) is 45.2. The molecule has 1 saturated heterocycles. The lowest BCUT2D eigenvalue weighted by Gasteiger charge is -2.25. The van der Waals surface area contributed by atoms with Gasteiger partial charge in [-0.05, 0) is 48.4 Å². The molecule has 1 aromatic heterocycles. The number of ether oxygens (including phenoxy) is 2. The lowest BCUT2D eigenvalue weighted by atomic mass is 9.81. The summed E-state index contributed by atoms with van der Waals surface area (Å²) in [5, 5.41) is 1.74. The van der Waals surface area contributed by atoms with Crippen LogP contribution in [0.15, 0.2) is 48.7 Å². The van der Waals surface area contributed by atoms with Crippen molar-refractivity contribution in [1.82, 2.24) is 9.88 Å². The fourth-order valence-corrected chi connectivity index (χ4v) is 5.87. The topological polar surface area (TPSA) is 89.0 Å². The third-order valence-electron chi connectivity index (χ3n) is 6.69. The van der Waals surface area contributed by atoms with E-state index < -0.39 is 5.97 Å². The van der Waals surface area contributed by atoms with Gasteiger partial charge in [-0.2, -0.15) is 0 Å². The highest BCUT2D eigenvalue weighted by Gasteiger charge is 2.49. The van der Waals surface area contributed by atoms with Gasteiger partial charge >= 0.3 is 5.97 Å². The van der Waals surface area contributed by atoms with Crippen LogP contribution in [-0.2, 0) is 26.2 Å². The molecule has 0 aliphatic carbocycles. The maximum Gasteiger partial charge on any atom is 0.337 e. The van der Waals surface area contributed by atoms with Gasteiger partial charge in [0.25, 0.3) is 0 Å². The van der Waals surface area contributed by atoms with Crippen LogP contribution in [0.2, 0.25) is 5.02 Å². The van der Waals surface area contributed by atoms with Crippen molar-refractivity contribution in [3.8, 4) is 10.8 Å². The number of carbonyl (C=O) groups is 3. The molecule has 8 nitrogen and oxygen atoms in total. The molecule has 0 saturated carbocycles. The van der Waals surface area contributed by atoms with Gasteiger partial charge in [-0.3, -0.25) is 9.59 Å². The van der Waals surface area contributed by atoms with Crippen LogP contribution in [0.5, 0.6) is 10.8 Å². The number of hydrogen-bond acceptors (Lipinski definition) is 7. The number of likely N-dealkylation sites (tertiary alicyclic amines) is 1. The maximum absolute atomic E-state index is 13.4. The van der Waals surface area contributed by atoms with Gasteiger partial charge in [-0.25, -0.2) is 9.78 Å². The molecule has 186 valence electrons. The van der Waals surface area contributed by atoms with Crippen LogP contribution >= 0.6 is 22.9 Å². The Labute approximate surface area is 217 Å². The number of anilines is 1. The first-order valence-corrected chi connectivity index (χ1v) is 12.6. The Morgan fingerprint density at radius 1 is 1.17 bits per heavy atom. The number of carbonyl (C=O) groups excluding carboxylic acids is 3. The molecule has 36 heavy (non-hydrogen) atoms. The second kappa shape index (κ2) is 9.55. The van der Waals surface area contributed by atoms with Crippen LogP contribution in [0.3, 0.4) is 0 Å². The molecule has 1 unspecified atom stereocenters. The average molecular weight is 526 g/mol. The van der Waals surface area contributed by atoms with E-state index in [0.29, 0.717) is 46.0 Å². The summed E-state index contributed by atoms with van der Waals surface area (Å²) in [6.07, 6.45) is 2.47. The summed E-state index contributed by atoms with van der Waals surface area (Å²) in [6, 6.07) is 12.3. The van der Waals surface area contributed by atoms with Gasteiger partial charge in [0.15, 0.2) is 0 Å². The number of esters is 1. The monoisotopic (exact) mass is 525 g/mol. The molecule has 10 heteroatoms. The fraction of sp³-hybridized carbons (Fsp3) is 0.308. The van der Waals surface area contributed by atoms with E-state index >= 15 is 0 Å². The number of hydrogen-bond donors (Lipinski definition) is 0. The number of methoxy groups -OCH3 is 1. The van der Waals surface area contributed by atoms with Crippen LogP contribution in [0.1, 0.15) is 34.3 Å². The molecule has 3 aromatic rings. The molecule has 2 aromatic carbocycles. The largest absolute Gasteiger partial charge is 0.465 e. The Bertz CT molecular complexity index is 1360. The van der Waals surface area contributed by atoms with Gasteiger partial charge in [0.2, 0.25) is 16.9 Å². The third kappa shape index (κ3) is 4.56. The van der Waals surface area contributed by atoms with Crippen molar-refractivity contribution in [3.63, 3.8) is 0 Å².